The molecule has 0 aliphatic rings. The predicted octanol–water partition coefficient (Wildman–Crippen LogP) is 3.01. The van der Waals surface area contributed by atoms with Gasteiger partial charge in [-0.3, -0.25) is 0 Å². The molecular formula is C14H19BO3S. The monoisotopic (exact) mass is 278 g/mol. The van der Waals surface area contributed by atoms with Crippen LogP contribution in [0.25, 0.3) is 0 Å². The standard InChI is InChI=1S/C14H19BO3S/c1-3-17-14(16)10-18-13-6-5-12(9-11(13)2)19-8-4-7-15/h5-6,9H,3-4,7-8,10H2,1-2H3. The molecule has 0 N–H and O–H groups in total. The highest BCUT2D eigenvalue weighted by molar-refractivity contribution is 7.99. The Morgan fingerprint density at radius 2 is 2.21 bits per heavy atom. The molecule has 0 aliphatic heterocycles. The van der Waals surface area contributed by atoms with E-state index in [0.29, 0.717) is 12.9 Å². The first-order chi connectivity index (χ1) is 9.17. The molecule has 0 atom stereocenters. The summed E-state index contributed by atoms with van der Waals surface area (Å²) in [4.78, 5) is 12.4. The van der Waals surface area contributed by atoms with E-state index in [4.69, 9.17) is 17.3 Å². The highest BCUT2D eigenvalue weighted by atomic mass is 32.2. The summed E-state index contributed by atoms with van der Waals surface area (Å²) >= 11 is 1.77. The maximum absolute atomic E-state index is 11.2. The van der Waals surface area contributed by atoms with Crippen LogP contribution in [0.4, 0.5) is 0 Å². The van der Waals surface area contributed by atoms with Gasteiger partial charge in [0, 0.05) is 4.90 Å². The quantitative estimate of drug-likeness (QED) is 0.317. The molecule has 0 saturated heterocycles. The molecule has 1 aromatic carbocycles. The molecule has 0 aromatic heterocycles. The van der Waals surface area contributed by atoms with Crippen molar-refractivity contribution in [1.82, 2.24) is 0 Å². The molecule has 0 heterocycles. The van der Waals surface area contributed by atoms with E-state index >= 15 is 0 Å². The predicted molar refractivity (Wildman–Crippen MR) is 79.2 cm³/mol. The Hall–Kier alpha value is -1.10. The minimum Gasteiger partial charge on any atom is -0.482 e. The maximum Gasteiger partial charge on any atom is 0.344 e. The SMILES string of the molecule is [B]CCCSc1ccc(OCC(=O)OCC)c(C)c1. The van der Waals surface area contributed by atoms with E-state index in [1.54, 1.807) is 18.7 Å². The van der Waals surface area contributed by atoms with Crippen molar-refractivity contribution in [2.24, 2.45) is 0 Å². The Morgan fingerprint density at radius 3 is 2.84 bits per heavy atom. The molecular weight excluding hydrogens is 259 g/mol. The smallest absolute Gasteiger partial charge is 0.344 e. The summed E-state index contributed by atoms with van der Waals surface area (Å²) in [5.74, 6) is 1.39. The largest absolute Gasteiger partial charge is 0.482 e. The zero-order valence-electron chi connectivity index (χ0n) is 11.5. The number of hydrogen-bond donors (Lipinski definition) is 0. The van der Waals surface area contributed by atoms with Crippen molar-refractivity contribution in [1.29, 1.82) is 0 Å². The first-order valence-electron chi connectivity index (χ1n) is 6.39. The van der Waals surface area contributed by atoms with Crippen LogP contribution in [0, 0.1) is 6.92 Å². The Morgan fingerprint density at radius 1 is 1.42 bits per heavy atom. The van der Waals surface area contributed by atoms with Gasteiger partial charge in [0.25, 0.3) is 0 Å². The third-order valence-electron chi connectivity index (χ3n) is 2.41. The fraction of sp³-hybridized carbons (Fsp3) is 0.500. The second kappa shape index (κ2) is 8.91. The van der Waals surface area contributed by atoms with E-state index in [9.17, 15) is 4.79 Å². The normalized spacial score (nSPS) is 10.2. The van der Waals surface area contributed by atoms with Crippen LogP contribution in [-0.4, -0.2) is 32.8 Å². The van der Waals surface area contributed by atoms with Crippen LogP contribution in [0.1, 0.15) is 18.9 Å². The number of thioether (sulfide) groups is 1. The summed E-state index contributed by atoms with van der Waals surface area (Å²) in [5.41, 5.74) is 1.02. The zero-order chi connectivity index (χ0) is 14.1. The topological polar surface area (TPSA) is 35.5 Å². The highest BCUT2D eigenvalue weighted by Crippen LogP contribution is 2.26. The van der Waals surface area contributed by atoms with Crippen LogP contribution in [-0.2, 0) is 9.53 Å². The Bertz CT molecular complexity index is 410. The minimum atomic E-state index is -0.344. The van der Waals surface area contributed by atoms with Gasteiger partial charge in [-0.2, -0.15) is 0 Å². The van der Waals surface area contributed by atoms with E-state index in [0.717, 1.165) is 23.5 Å². The van der Waals surface area contributed by atoms with Gasteiger partial charge in [-0.15, -0.1) is 11.8 Å². The molecule has 0 fully saturated rings. The van der Waals surface area contributed by atoms with Gasteiger partial charge in [-0.1, -0.05) is 12.7 Å². The lowest BCUT2D eigenvalue weighted by molar-refractivity contribution is -0.145. The first kappa shape index (κ1) is 16.0. The summed E-state index contributed by atoms with van der Waals surface area (Å²) < 4.78 is 10.2. The van der Waals surface area contributed by atoms with Gasteiger partial charge < -0.3 is 9.47 Å². The number of ether oxygens (including phenoxy) is 2. The molecule has 0 spiro atoms. The number of esters is 1. The van der Waals surface area contributed by atoms with Gasteiger partial charge in [0.15, 0.2) is 6.61 Å². The van der Waals surface area contributed by atoms with Gasteiger partial charge >= 0.3 is 5.97 Å². The van der Waals surface area contributed by atoms with E-state index in [2.05, 4.69) is 6.07 Å². The lowest BCUT2D eigenvalue weighted by Gasteiger charge is -2.10. The molecule has 3 nitrogen and oxygen atoms in total. The second-order valence-electron chi connectivity index (χ2n) is 4.01. The molecule has 1 aromatic rings. The minimum absolute atomic E-state index is 0.0473. The zero-order valence-corrected chi connectivity index (χ0v) is 12.3. The third-order valence-corrected chi connectivity index (χ3v) is 3.49. The van der Waals surface area contributed by atoms with E-state index in [-0.39, 0.29) is 12.6 Å². The van der Waals surface area contributed by atoms with E-state index < -0.39 is 0 Å². The maximum atomic E-state index is 11.2. The average Bonchev–Trinajstić information content (AvgIpc) is 2.38. The molecule has 0 bridgehead atoms. The Balaban J connectivity index is 2.49. The highest BCUT2D eigenvalue weighted by Gasteiger charge is 2.06. The van der Waals surface area contributed by atoms with E-state index in [1.807, 2.05) is 19.1 Å². The van der Waals surface area contributed by atoms with Crippen LogP contribution < -0.4 is 4.74 Å². The van der Waals surface area contributed by atoms with Gasteiger partial charge in [0.1, 0.15) is 5.75 Å². The van der Waals surface area contributed by atoms with Crippen LogP contribution in [0.15, 0.2) is 23.1 Å². The van der Waals surface area contributed by atoms with Crippen LogP contribution in [0.5, 0.6) is 5.75 Å². The molecule has 2 radical (unpaired) electrons. The summed E-state index contributed by atoms with van der Waals surface area (Å²) in [7, 11) is 5.46. The molecule has 0 saturated carbocycles. The summed E-state index contributed by atoms with van der Waals surface area (Å²) in [6.45, 7) is 4.07. The first-order valence-corrected chi connectivity index (χ1v) is 7.38. The molecule has 0 amide bonds. The molecule has 0 unspecified atom stereocenters. The van der Waals surface area contributed by atoms with Crippen molar-refractivity contribution in [3.05, 3.63) is 23.8 Å². The second-order valence-corrected chi connectivity index (χ2v) is 5.18. The van der Waals surface area contributed by atoms with Gasteiger partial charge in [0.05, 0.1) is 14.5 Å². The van der Waals surface area contributed by atoms with Crippen LogP contribution >= 0.6 is 11.8 Å². The molecule has 0 aliphatic carbocycles. The van der Waals surface area contributed by atoms with Crippen molar-refractivity contribution in [2.75, 3.05) is 19.0 Å². The number of benzene rings is 1. The molecule has 5 heteroatoms. The summed E-state index contributed by atoms with van der Waals surface area (Å²) in [5, 5.41) is 0. The van der Waals surface area contributed by atoms with Crippen molar-refractivity contribution in [2.45, 2.75) is 31.5 Å². The lowest BCUT2D eigenvalue weighted by atomic mass is 10.0. The van der Waals surface area contributed by atoms with Crippen molar-refractivity contribution in [3.63, 3.8) is 0 Å². The van der Waals surface area contributed by atoms with Crippen molar-refractivity contribution < 1.29 is 14.3 Å². The third kappa shape index (κ3) is 6.05. The number of carbonyl (C=O) groups is 1. The fourth-order valence-corrected chi connectivity index (χ4v) is 2.46. The number of carbonyl (C=O) groups excluding carboxylic acids is 1. The molecule has 1 rings (SSSR count). The van der Waals surface area contributed by atoms with Crippen molar-refractivity contribution in [3.8, 4) is 5.75 Å². The van der Waals surface area contributed by atoms with E-state index in [1.165, 1.54) is 4.90 Å². The van der Waals surface area contributed by atoms with Crippen molar-refractivity contribution >= 4 is 25.6 Å². The van der Waals surface area contributed by atoms with Gasteiger partial charge in [0.2, 0.25) is 0 Å². The number of hydrogen-bond acceptors (Lipinski definition) is 4. The summed E-state index contributed by atoms with van der Waals surface area (Å²) in [6.07, 6.45) is 1.72. The van der Waals surface area contributed by atoms with Crippen LogP contribution in [0.2, 0.25) is 6.32 Å². The van der Waals surface area contributed by atoms with Gasteiger partial charge in [-0.25, -0.2) is 4.79 Å². The molecule has 19 heavy (non-hydrogen) atoms. The average molecular weight is 278 g/mol. The Kier molecular flexibility index (Phi) is 7.49. The fourth-order valence-electron chi connectivity index (χ4n) is 1.49. The number of aryl methyl sites for hydroxylation is 1. The van der Waals surface area contributed by atoms with Gasteiger partial charge in [-0.05, 0) is 43.4 Å². The Labute approximate surface area is 120 Å². The lowest BCUT2D eigenvalue weighted by Crippen LogP contribution is -2.14. The summed E-state index contributed by atoms with van der Waals surface area (Å²) in [6, 6.07) is 5.94. The number of rotatable bonds is 8. The van der Waals surface area contributed by atoms with Crippen LogP contribution in [0.3, 0.4) is 0 Å². The molecule has 102 valence electrons.